The molecule has 0 aromatic heterocycles. The van der Waals surface area contributed by atoms with E-state index in [4.69, 9.17) is 0 Å². The van der Waals surface area contributed by atoms with Crippen LogP contribution in [0.15, 0.2) is 60.2 Å². The van der Waals surface area contributed by atoms with Gasteiger partial charge in [-0.15, -0.1) is 0 Å². The summed E-state index contributed by atoms with van der Waals surface area (Å²) in [5, 5.41) is 22.5. The molecule has 1 aliphatic heterocycles. The van der Waals surface area contributed by atoms with Crippen LogP contribution in [0.25, 0.3) is 5.76 Å². The highest BCUT2D eigenvalue weighted by Crippen LogP contribution is 2.40. The molecular formula is C28H35N3O5. The molecule has 2 aromatic rings. The number of nitro groups is 1. The van der Waals surface area contributed by atoms with Gasteiger partial charge in [0, 0.05) is 24.2 Å². The van der Waals surface area contributed by atoms with E-state index in [1.54, 1.807) is 36.4 Å². The number of nitro benzene ring substituents is 1. The second-order valence-electron chi connectivity index (χ2n) is 9.11. The number of carbonyl (C=O) groups excluding carboxylic acids is 2. The van der Waals surface area contributed by atoms with Crippen molar-refractivity contribution in [2.45, 2.75) is 52.0 Å². The van der Waals surface area contributed by atoms with Crippen LogP contribution in [0.5, 0.6) is 0 Å². The van der Waals surface area contributed by atoms with Gasteiger partial charge < -0.3 is 14.9 Å². The fraction of sp³-hybridized carbons (Fsp3) is 0.429. The van der Waals surface area contributed by atoms with Crippen LogP contribution in [-0.4, -0.2) is 57.7 Å². The van der Waals surface area contributed by atoms with Crippen molar-refractivity contribution in [2.75, 3.05) is 26.2 Å². The first kappa shape index (κ1) is 27.1. The summed E-state index contributed by atoms with van der Waals surface area (Å²) >= 11 is 0. The van der Waals surface area contributed by atoms with Gasteiger partial charge in [0.05, 0.1) is 16.5 Å². The largest absolute Gasteiger partial charge is 0.507 e. The minimum absolute atomic E-state index is 0.0412. The fourth-order valence-corrected chi connectivity index (χ4v) is 4.58. The summed E-state index contributed by atoms with van der Waals surface area (Å²) in [7, 11) is 0. The Kier molecular flexibility index (Phi) is 9.76. The molecule has 1 heterocycles. The Bertz CT molecular complexity index is 1090. The second kappa shape index (κ2) is 13.0. The average Bonchev–Trinajstić information content (AvgIpc) is 3.15. The lowest BCUT2D eigenvalue weighted by molar-refractivity contribution is -0.384. The Morgan fingerprint density at radius 3 is 2.22 bits per heavy atom. The van der Waals surface area contributed by atoms with Crippen LogP contribution in [-0.2, 0) is 9.59 Å². The Morgan fingerprint density at radius 1 is 0.972 bits per heavy atom. The molecule has 1 fully saturated rings. The zero-order valence-electron chi connectivity index (χ0n) is 21.1. The minimum atomic E-state index is -0.898. The monoisotopic (exact) mass is 493 g/mol. The molecule has 1 N–H and O–H groups in total. The number of amides is 1. The first-order valence-electron chi connectivity index (χ1n) is 12.7. The van der Waals surface area contributed by atoms with Crippen molar-refractivity contribution < 1.29 is 19.6 Å². The maximum atomic E-state index is 13.2. The van der Waals surface area contributed by atoms with Gasteiger partial charge in [-0.2, -0.15) is 0 Å². The first-order chi connectivity index (χ1) is 17.4. The van der Waals surface area contributed by atoms with Gasteiger partial charge in [-0.3, -0.25) is 19.7 Å². The molecule has 0 bridgehead atoms. The second-order valence-corrected chi connectivity index (χ2v) is 9.11. The highest BCUT2D eigenvalue weighted by Gasteiger charge is 2.46. The van der Waals surface area contributed by atoms with E-state index < -0.39 is 22.7 Å². The number of rotatable bonds is 13. The van der Waals surface area contributed by atoms with Crippen LogP contribution in [0.4, 0.5) is 5.69 Å². The molecule has 1 atom stereocenters. The van der Waals surface area contributed by atoms with Crippen LogP contribution in [0.2, 0.25) is 0 Å². The normalized spacial score (nSPS) is 17.2. The van der Waals surface area contributed by atoms with E-state index >= 15 is 0 Å². The molecule has 0 spiro atoms. The zero-order valence-corrected chi connectivity index (χ0v) is 21.1. The highest BCUT2D eigenvalue weighted by molar-refractivity contribution is 6.46. The molecule has 8 nitrogen and oxygen atoms in total. The van der Waals surface area contributed by atoms with Crippen LogP contribution >= 0.6 is 0 Å². The Hall–Kier alpha value is -3.52. The lowest BCUT2D eigenvalue weighted by atomic mass is 9.95. The van der Waals surface area contributed by atoms with Crippen molar-refractivity contribution in [1.82, 2.24) is 9.80 Å². The molecule has 2 aromatic carbocycles. The molecule has 36 heavy (non-hydrogen) atoms. The SMILES string of the molecule is CCCCN(CCCC)CCCN1C(=O)C(=O)C(=C(O)c2ccccc2)[C@H]1c1cccc([N+](=O)[O-])c1. The van der Waals surface area contributed by atoms with Crippen LogP contribution in [0.1, 0.15) is 63.1 Å². The first-order valence-corrected chi connectivity index (χ1v) is 12.7. The van der Waals surface area contributed by atoms with E-state index in [1.807, 2.05) is 0 Å². The summed E-state index contributed by atoms with van der Waals surface area (Å²) in [6.45, 7) is 7.36. The quantitative estimate of drug-likeness (QED) is 0.133. The van der Waals surface area contributed by atoms with Gasteiger partial charge >= 0.3 is 0 Å². The molecule has 8 heteroatoms. The highest BCUT2D eigenvalue weighted by atomic mass is 16.6. The summed E-state index contributed by atoms with van der Waals surface area (Å²) in [4.78, 5) is 41.1. The third-order valence-electron chi connectivity index (χ3n) is 6.51. The summed E-state index contributed by atoms with van der Waals surface area (Å²) in [6, 6.07) is 13.6. The smallest absolute Gasteiger partial charge is 0.295 e. The van der Waals surface area contributed by atoms with Crippen molar-refractivity contribution in [3.05, 3.63) is 81.4 Å². The van der Waals surface area contributed by atoms with Gasteiger partial charge in [0.15, 0.2) is 0 Å². The molecular weight excluding hydrogens is 458 g/mol. The number of ketones is 1. The number of nitrogens with zero attached hydrogens (tertiary/aromatic N) is 3. The van der Waals surface area contributed by atoms with Crippen molar-refractivity contribution in [3.8, 4) is 0 Å². The number of aliphatic hydroxyl groups excluding tert-OH is 1. The molecule has 1 amide bonds. The molecule has 192 valence electrons. The van der Waals surface area contributed by atoms with Crippen LogP contribution in [0, 0.1) is 10.1 Å². The maximum Gasteiger partial charge on any atom is 0.295 e. The molecule has 0 unspecified atom stereocenters. The van der Waals surface area contributed by atoms with E-state index in [0.717, 1.165) is 45.3 Å². The predicted molar refractivity (Wildman–Crippen MR) is 139 cm³/mol. The van der Waals surface area contributed by atoms with Crippen LogP contribution in [0.3, 0.4) is 0 Å². The number of non-ortho nitro benzene ring substituents is 1. The standard InChI is InChI=1S/C28H35N3O5/c1-3-5-16-29(17-6-4-2)18-11-19-30-25(22-14-10-15-23(20-22)31(35)36)24(27(33)28(30)34)26(32)21-12-8-7-9-13-21/h7-10,12-15,20,25,32H,3-6,11,16-19H2,1-2H3/t25-/m1/s1. The van der Waals surface area contributed by atoms with E-state index in [2.05, 4.69) is 18.7 Å². The maximum absolute atomic E-state index is 13.2. The van der Waals surface area contributed by atoms with Gasteiger partial charge in [-0.25, -0.2) is 0 Å². The third-order valence-corrected chi connectivity index (χ3v) is 6.51. The number of carbonyl (C=O) groups is 2. The van der Waals surface area contributed by atoms with Crippen molar-refractivity contribution >= 4 is 23.1 Å². The number of aliphatic hydroxyl groups is 1. The molecule has 0 saturated carbocycles. The van der Waals surface area contributed by atoms with E-state index in [9.17, 15) is 24.8 Å². The topological polar surface area (TPSA) is 104 Å². The van der Waals surface area contributed by atoms with Gasteiger partial charge in [0.2, 0.25) is 0 Å². The van der Waals surface area contributed by atoms with Gasteiger partial charge in [-0.05, 0) is 44.5 Å². The van der Waals surface area contributed by atoms with Crippen LogP contribution < -0.4 is 0 Å². The predicted octanol–water partition coefficient (Wildman–Crippen LogP) is 5.31. The number of benzene rings is 2. The Balaban J connectivity index is 1.95. The molecule has 0 radical (unpaired) electrons. The Morgan fingerprint density at radius 2 is 1.61 bits per heavy atom. The number of hydrogen-bond acceptors (Lipinski definition) is 6. The van der Waals surface area contributed by atoms with Crippen molar-refractivity contribution in [1.29, 1.82) is 0 Å². The Labute approximate surface area is 212 Å². The molecule has 0 aliphatic carbocycles. The van der Waals surface area contributed by atoms with Gasteiger partial charge in [-0.1, -0.05) is 69.2 Å². The number of unbranched alkanes of at least 4 members (excludes halogenated alkanes) is 2. The summed E-state index contributed by atoms with van der Waals surface area (Å²) in [6.07, 6.45) is 5.04. The third kappa shape index (κ3) is 6.37. The summed E-state index contributed by atoms with van der Waals surface area (Å²) in [5.74, 6) is -1.75. The van der Waals surface area contributed by atoms with E-state index in [-0.39, 0.29) is 17.0 Å². The summed E-state index contributed by atoms with van der Waals surface area (Å²) in [5.41, 5.74) is 0.662. The van der Waals surface area contributed by atoms with Crippen molar-refractivity contribution in [2.24, 2.45) is 0 Å². The number of likely N-dealkylation sites (tertiary alicyclic amines) is 1. The van der Waals surface area contributed by atoms with Gasteiger partial charge in [0.1, 0.15) is 5.76 Å². The number of hydrogen-bond donors (Lipinski definition) is 1. The fourth-order valence-electron chi connectivity index (χ4n) is 4.58. The lowest BCUT2D eigenvalue weighted by Crippen LogP contribution is -2.34. The molecule has 1 aliphatic rings. The molecule has 3 rings (SSSR count). The minimum Gasteiger partial charge on any atom is -0.507 e. The zero-order chi connectivity index (χ0) is 26.1. The van der Waals surface area contributed by atoms with E-state index in [1.165, 1.54) is 23.1 Å². The van der Waals surface area contributed by atoms with Crippen molar-refractivity contribution in [3.63, 3.8) is 0 Å². The van der Waals surface area contributed by atoms with Gasteiger partial charge in [0.25, 0.3) is 17.4 Å². The summed E-state index contributed by atoms with van der Waals surface area (Å²) < 4.78 is 0. The average molecular weight is 494 g/mol. The molecule has 1 saturated heterocycles. The number of Topliss-reactive ketones (excluding diaryl/α,β-unsaturated/α-hetero) is 1. The van der Waals surface area contributed by atoms with E-state index in [0.29, 0.717) is 24.1 Å². The lowest BCUT2D eigenvalue weighted by Gasteiger charge is -2.27.